The van der Waals surface area contributed by atoms with Crippen LogP contribution in [0.1, 0.15) is 23.3 Å². The molecule has 3 heterocycles. The van der Waals surface area contributed by atoms with Gasteiger partial charge in [-0.25, -0.2) is 8.42 Å². The van der Waals surface area contributed by atoms with Gasteiger partial charge in [0.15, 0.2) is 0 Å². The molecular formula is C15H24ClN5O4S. The lowest BCUT2D eigenvalue weighted by atomic mass is 10.1. The van der Waals surface area contributed by atoms with Crippen molar-refractivity contribution >= 4 is 34.2 Å². The molecule has 2 fully saturated rings. The Bertz CT molecular complexity index is 794. The zero-order valence-corrected chi connectivity index (χ0v) is 16.2. The van der Waals surface area contributed by atoms with Gasteiger partial charge >= 0.3 is 0 Å². The number of rotatable bonds is 4. The summed E-state index contributed by atoms with van der Waals surface area (Å²) in [5, 5.41) is 3.02. The highest BCUT2D eigenvalue weighted by atomic mass is 35.5. The van der Waals surface area contributed by atoms with Crippen molar-refractivity contribution < 1.29 is 18.0 Å². The Hall–Kier alpha value is -1.62. The van der Waals surface area contributed by atoms with Crippen molar-refractivity contribution in [2.24, 2.45) is 12.8 Å². The summed E-state index contributed by atoms with van der Waals surface area (Å²) in [4.78, 5) is 25.3. The normalized spacial score (nSPS) is 22.1. The number of piperidine rings is 1. The standard InChI is InChI=1S/C15H23N5O4S.ClH/c1-18-10-12(7-13(18)15(16)22)25(23,24)19-5-2-3-11(9-19)20-6-4-17-8-14(20)21;/h7,10-11,17H,2-6,8-9H2,1H3,(H2,16,22);1H. The molecule has 2 aliphatic rings. The number of amides is 2. The first kappa shape index (κ1) is 20.7. The third-order valence-electron chi connectivity index (χ3n) is 4.80. The van der Waals surface area contributed by atoms with Crippen molar-refractivity contribution in [3.63, 3.8) is 0 Å². The van der Waals surface area contributed by atoms with Crippen molar-refractivity contribution in [1.29, 1.82) is 0 Å². The van der Waals surface area contributed by atoms with Gasteiger partial charge in [0.05, 0.1) is 6.54 Å². The molecule has 2 saturated heterocycles. The van der Waals surface area contributed by atoms with Gasteiger partial charge in [0.25, 0.3) is 5.91 Å². The van der Waals surface area contributed by atoms with Crippen LogP contribution in [0.2, 0.25) is 0 Å². The number of carbonyl (C=O) groups excluding carboxylic acids is 2. The summed E-state index contributed by atoms with van der Waals surface area (Å²) in [7, 11) is -2.15. The number of hydrogen-bond donors (Lipinski definition) is 2. The van der Waals surface area contributed by atoms with Gasteiger partial charge in [-0.1, -0.05) is 0 Å². The molecule has 2 amide bonds. The molecule has 1 atom stereocenters. The summed E-state index contributed by atoms with van der Waals surface area (Å²) in [5.74, 6) is -0.668. The Morgan fingerprint density at radius 1 is 1.35 bits per heavy atom. The maximum absolute atomic E-state index is 12.9. The van der Waals surface area contributed by atoms with E-state index in [4.69, 9.17) is 5.73 Å². The number of nitrogens with two attached hydrogens (primary N) is 1. The predicted molar refractivity (Wildman–Crippen MR) is 97.5 cm³/mol. The number of primary amides is 1. The van der Waals surface area contributed by atoms with Crippen molar-refractivity contribution in [3.05, 3.63) is 18.0 Å². The summed E-state index contributed by atoms with van der Waals surface area (Å²) in [6.07, 6.45) is 2.88. The molecule has 3 N–H and O–H groups in total. The van der Waals surface area contributed by atoms with Gasteiger partial charge in [-0.05, 0) is 18.9 Å². The van der Waals surface area contributed by atoms with Crippen molar-refractivity contribution in [2.45, 2.75) is 23.8 Å². The summed E-state index contributed by atoms with van der Waals surface area (Å²) in [5.41, 5.74) is 5.41. The van der Waals surface area contributed by atoms with E-state index in [-0.39, 0.29) is 41.5 Å². The number of halogens is 1. The fourth-order valence-electron chi connectivity index (χ4n) is 3.47. The van der Waals surface area contributed by atoms with Crippen molar-refractivity contribution in [3.8, 4) is 0 Å². The molecule has 9 nitrogen and oxygen atoms in total. The molecule has 0 radical (unpaired) electrons. The number of carbonyl (C=O) groups is 2. The van der Waals surface area contributed by atoms with E-state index < -0.39 is 15.9 Å². The van der Waals surface area contributed by atoms with Crippen LogP contribution in [0.15, 0.2) is 17.2 Å². The van der Waals surface area contributed by atoms with Crippen molar-refractivity contribution in [2.75, 3.05) is 32.7 Å². The van der Waals surface area contributed by atoms with E-state index in [1.165, 1.54) is 21.1 Å². The van der Waals surface area contributed by atoms with Crippen LogP contribution in [-0.2, 0) is 21.9 Å². The molecule has 0 aromatic carbocycles. The van der Waals surface area contributed by atoms with Crippen LogP contribution in [0.25, 0.3) is 0 Å². The van der Waals surface area contributed by atoms with Gasteiger partial charge in [0, 0.05) is 45.5 Å². The van der Waals surface area contributed by atoms with Crippen LogP contribution < -0.4 is 11.1 Å². The molecular weight excluding hydrogens is 382 g/mol. The minimum absolute atomic E-state index is 0. The van der Waals surface area contributed by atoms with Gasteiger partial charge in [-0.2, -0.15) is 4.31 Å². The third-order valence-corrected chi connectivity index (χ3v) is 6.63. The highest BCUT2D eigenvalue weighted by molar-refractivity contribution is 7.89. The predicted octanol–water partition coefficient (Wildman–Crippen LogP) is -0.869. The molecule has 0 bridgehead atoms. The smallest absolute Gasteiger partial charge is 0.265 e. The minimum atomic E-state index is -3.74. The molecule has 0 spiro atoms. The summed E-state index contributed by atoms with van der Waals surface area (Å²) in [6, 6.07) is 1.19. The number of aromatic nitrogens is 1. The van der Waals surface area contributed by atoms with Gasteiger partial charge in [-0.15, -0.1) is 12.4 Å². The summed E-state index contributed by atoms with van der Waals surface area (Å²) >= 11 is 0. The molecule has 0 saturated carbocycles. The van der Waals surface area contributed by atoms with Gasteiger partial charge < -0.3 is 20.5 Å². The molecule has 146 valence electrons. The highest BCUT2D eigenvalue weighted by Gasteiger charge is 2.35. The SMILES string of the molecule is Cl.Cn1cc(S(=O)(=O)N2CCCC(N3CCNCC3=O)C2)cc1C(N)=O. The molecule has 1 aromatic rings. The topological polar surface area (TPSA) is 118 Å². The minimum Gasteiger partial charge on any atom is -0.364 e. The largest absolute Gasteiger partial charge is 0.364 e. The van der Waals surface area contributed by atoms with Crippen molar-refractivity contribution in [1.82, 2.24) is 19.1 Å². The Balaban J connectivity index is 0.00000243. The lowest BCUT2D eigenvalue weighted by Crippen LogP contribution is -2.57. The Morgan fingerprint density at radius 2 is 2.08 bits per heavy atom. The number of hydrogen-bond acceptors (Lipinski definition) is 5. The number of nitrogens with zero attached hydrogens (tertiary/aromatic N) is 3. The summed E-state index contributed by atoms with van der Waals surface area (Å²) in [6.45, 7) is 2.28. The quantitative estimate of drug-likeness (QED) is 0.675. The van der Waals surface area contributed by atoms with Crippen LogP contribution >= 0.6 is 12.4 Å². The average Bonchev–Trinajstić information content (AvgIpc) is 2.98. The molecule has 11 heteroatoms. The fraction of sp³-hybridized carbons (Fsp3) is 0.600. The lowest BCUT2D eigenvalue weighted by Gasteiger charge is -2.40. The monoisotopic (exact) mass is 405 g/mol. The van der Waals surface area contributed by atoms with Gasteiger partial charge in [-0.3, -0.25) is 9.59 Å². The van der Waals surface area contributed by atoms with E-state index in [0.717, 1.165) is 13.0 Å². The second-order valence-corrected chi connectivity index (χ2v) is 8.40. The Kier molecular flexibility index (Phi) is 6.33. The summed E-state index contributed by atoms with van der Waals surface area (Å²) < 4.78 is 28.7. The highest BCUT2D eigenvalue weighted by Crippen LogP contribution is 2.24. The Morgan fingerprint density at radius 3 is 2.69 bits per heavy atom. The zero-order chi connectivity index (χ0) is 18.2. The zero-order valence-electron chi connectivity index (χ0n) is 14.6. The first-order chi connectivity index (χ1) is 11.8. The maximum atomic E-state index is 12.9. The van der Waals surface area contributed by atoms with E-state index in [2.05, 4.69) is 5.32 Å². The van der Waals surface area contributed by atoms with Gasteiger partial charge in [0.1, 0.15) is 10.6 Å². The van der Waals surface area contributed by atoms with Crippen LogP contribution in [0.4, 0.5) is 0 Å². The van der Waals surface area contributed by atoms with Crippen LogP contribution in [-0.4, -0.2) is 72.8 Å². The first-order valence-electron chi connectivity index (χ1n) is 8.27. The van der Waals surface area contributed by atoms with E-state index in [1.54, 1.807) is 11.9 Å². The lowest BCUT2D eigenvalue weighted by molar-refractivity contribution is -0.135. The van der Waals surface area contributed by atoms with Crippen LogP contribution in [0.3, 0.4) is 0 Å². The molecule has 0 aliphatic carbocycles. The first-order valence-corrected chi connectivity index (χ1v) is 9.71. The number of nitrogens with one attached hydrogen (secondary N) is 1. The maximum Gasteiger partial charge on any atom is 0.265 e. The molecule has 1 aromatic heterocycles. The molecule has 1 unspecified atom stereocenters. The number of aryl methyl sites for hydroxylation is 1. The van der Waals surface area contributed by atoms with Crippen LogP contribution in [0, 0.1) is 0 Å². The van der Waals surface area contributed by atoms with E-state index in [9.17, 15) is 18.0 Å². The van der Waals surface area contributed by atoms with E-state index >= 15 is 0 Å². The second-order valence-electron chi connectivity index (χ2n) is 6.46. The number of piperazine rings is 1. The number of sulfonamides is 1. The molecule has 3 rings (SSSR count). The van der Waals surface area contributed by atoms with E-state index in [0.29, 0.717) is 26.1 Å². The second kappa shape index (κ2) is 7.95. The Labute approximate surface area is 158 Å². The van der Waals surface area contributed by atoms with Crippen LogP contribution in [0.5, 0.6) is 0 Å². The third kappa shape index (κ3) is 3.88. The molecule has 2 aliphatic heterocycles. The van der Waals surface area contributed by atoms with E-state index in [1.807, 2.05) is 0 Å². The average molecular weight is 406 g/mol. The fourth-order valence-corrected chi connectivity index (χ4v) is 5.06. The van der Waals surface area contributed by atoms with Gasteiger partial charge in [0.2, 0.25) is 15.9 Å². The molecule has 26 heavy (non-hydrogen) atoms.